The molecule has 0 atom stereocenters. The van der Waals surface area contributed by atoms with Crippen LogP contribution in [-0.4, -0.2) is 4.98 Å². The van der Waals surface area contributed by atoms with Crippen molar-refractivity contribution in [2.45, 2.75) is 6.54 Å². The Morgan fingerprint density at radius 2 is 0.766 bits per heavy atom. The summed E-state index contributed by atoms with van der Waals surface area (Å²) in [6, 6.07) is 66.4. The van der Waals surface area contributed by atoms with Crippen LogP contribution in [0.2, 0.25) is 0 Å². The fraction of sp³-hybridized carbons (Fsp3) is 0.0250. The molecule has 7 heteroatoms. The Balaban J connectivity index is 0.000000163. The largest absolute Gasteiger partial charge is 0.672 e. The number of rotatable bonds is 7. The fourth-order valence-electron chi connectivity index (χ4n) is 5.00. The van der Waals surface area contributed by atoms with Crippen molar-refractivity contribution in [1.82, 2.24) is 4.98 Å². The van der Waals surface area contributed by atoms with Gasteiger partial charge in [0.2, 0.25) is 0 Å². The van der Waals surface area contributed by atoms with E-state index in [0.717, 1.165) is 5.69 Å². The Hall–Kier alpha value is -3.25. The monoisotopic (exact) mass is 779 g/mol. The van der Waals surface area contributed by atoms with Crippen LogP contribution in [0.25, 0.3) is 5.73 Å². The molecule has 1 aromatic heterocycles. The second kappa shape index (κ2) is 21.6. The molecule has 0 bridgehead atoms. The van der Waals surface area contributed by atoms with Gasteiger partial charge < -0.3 is 5.73 Å². The smallest absolute Gasteiger partial charge is 0.0908 e. The van der Waals surface area contributed by atoms with Gasteiger partial charge in [-0.05, 0) is 71.3 Å². The average Bonchev–Trinajstić information content (AvgIpc) is 3.88. The molecule has 0 radical (unpaired) electrons. The van der Waals surface area contributed by atoms with Crippen LogP contribution in [0, 0.1) is 0 Å². The predicted octanol–water partition coefficient (Wildman–Crippen LogP) is 8.80. The third-order valence-corrected chi connectivity index (χ3v) is 12.5. The van der Waals surface area contributed by atoms with Gasteiger partial charge in [0, 0.05) is 27.7 Å². The Morgan fingerprint density at radius 1 is 0.468 bits per heavy atom. The molecule has 47 heavy (non-hydrogen) atoms. The van der Waals surface area contributed by atoms with E-state index in [9.17, 15) is 0 Å². The molecule has 0 aliphatic carbocycles. The molecule has 0 amide bonds. The number of benzene rings is 4. The number of pyridine rings is 1. The summed E-state index contributed by atoms with van der Waals surface area (Å²) in [5, 5.41) is 8.69. The third-order valence-electron chi connectivity index (χ3n) is 7.06. The fourth-order valence-corrected chi connectivity index (χ4v) is 10.2. The third kappa shape index (κ3) is 12.1. The molecule has 7 aromatic rings. The van der Waals surface area contributed by atoms with E-state index < -0.39 is 15.8 Å². The Kier molecular flexibility index (Phi) is 16.8. The predicted molar refractivity (Wildman–Crippen MR) is 208 cm³/mol. The van der Waals surface area contributed by atoms with E-state index in [2.05, 4.69) is 175 Å². The summed E-state index contributed by atoms with van der Waals surface area (Å²) in [7, 11) is 8.04. The number of nitrogens with one attached hydrogen (secondary N) is 1. The maximum Gasteiger partial charge on any atom is 0.0908 e. The van der Waals surface area contributed by atoms with E-state index in [4.69, 9.17) is 25.1 Å². The van der Waals surface area contributed by atoms with Crippen molar-refractivity contribution in [2.24, 2.45) is 0 Å². The van der Waals surface area contributed by atoms with Gasteiger partial charge in [0.1, 0.15) is 0 Å². The number of hydrogen-bond acceptors (Lipinski definition) is 1. The normalized spacial score (nSPS) is 10.1. The minimum Gasteiger partial charge on any atom is -0.672 e. The van der Waals surface area contributed by atoms with Crippen molar-refractivity contribution in [2.75, 3.05) is 0 Å². The zero-order chi connectivity index (χ0) is 32.9. The van der Waals surface area contributed by atoms with Crippen LogP contribution in [-0.2, 0) is 21.7 Å². The molecule has 0 aliphatic rings. The SMILES string of the molecule is [Cl][Ru+2][Cl].[NH-]Cc1ccccn1.c1ccc([PH+](c2ccccc2)[c-]2cccc2)cc1.c1ccc([PH+](c2ccccc2)[c-]2cccc2)cc1. The maximum atomic E-state index is 6.88. The van der Waals surface area contributed by atoms with Crippen LogP contribution < -0.4 is 31.8 Å². The first kappa shape index (κ1) is 36.6. The van der Waals surface area contributed by atoms with E-state index in [1.54, 1.807) is 6.20 Å². The number of nitrogens with zero attached hydrogens (tertiary/aromatic N) is 1. The summed E-state index contributed by atoms with van der Waals surface area (Å²) >= 11 is -0.346. The van der Waals surface area contributed by atoms with Crippen LogP contribution in [0.15, 0.2) is 194 Å². The second-order valence-electron chi connectivity index (χ2n) is 10.1. The standard InChI is InChI=1S/2C17H15P.C6H7N2.2ClH.Ru/c2*1-3-9-15(10-4-1)18(17-13-7-8-14-17)16-11-5-2-6-12-16;7-5-6-3-1-2-4-8-6;;;/h2*1-14,18H;1-4,7H,5H2;2*1H;/q;;-1;;;+4/p-2. The summed E-state index contributed by atoms with van der Waals surface area (Å²) < 4.78 is 0. The van der Waals surface area contributed by atoms with Gasteiger partial charge >= 0.3 is 34.5 Å². The van der Waals surface area contributed by atoms with Crippen LogP contribution in [0.3, 0.4) is 0 Å². The molecule has 0 unspecified atom stereocenters. The van der Waals surface area contributed by atoms with Gasteiger partial charge in [0.15, 0.2) is 0 Å². The van der Waals surface area contributed by atoms with E-state index in [0.29, 0.717) is 0 Å². The van der Waals surface area contributed by atoms with Gasteiger partial charge in [0.05, 0.1) is 21.2 Å². The minimum absolute atomic E-state index is 0.279. The molecule has 0 fully saturated rings. The van der Waals surface area contributed by atoms with E-state index in [-0.39, 0.29) is 21.7 Å². The molecule has 0 saturated heterocycles. The maximum absolute atomic E-state index is 6.88. The molecule has 0 aliphatic heterocycles. The molecule has 0 saturated carbocycles. The van der Waals surface area contributed by atoms with Crippen molar-refractivity contribution in [1.29, 1.82) is 0 Å². The minimum atomic E-state index is -0.834. The summed E-state index contributed by atoms with van der Waals surface area (Å²) in [5.74, 6) is 0. The Labute approximate surface area is 297 Å². The summed E-state index contributed by atoms with van der Waals surface area (Å²) in [5.41, 5.74) is 7.71. The van der Waals surface area contributed by atoms with Crippen molar-refractivity contribution >= 4 is 67.1 Å². The van der Waals surface area contributed by atoms with E-state index >= 15 is 0 Å². The van der Waals surface area contributed by atoms with Gasteiger partial charge in [0.25, 0.3) is 0 Å². The summed E-state index contributed by atoms with van der Waals surface area (Å²) in [4.78, 5) is 3.91. The molecular weight excluding hydrogens is 742 g/mol. The second-order valence-corrected chi connectivity index (χ2v) is 17.7. The van der Waals surface area contributed by atoms with Crippen molar-refractivity contribution in [3.8, 4) is 0 Å². The summed E-state index contributed by atoms with van der Waals surface area (Å²) in [6.07, 6.45) is 1.70. The van der Waals surface area contributed by atoms with Crippen molar-refractivity contribution in [3.63, 3.8) is 0 Å². The quantitative estimate of drug-likeness (QED) is 0.0906. The zero-order valence-corrected chi connectivity index (χ0v) is 31.0. The first-order valence-corrected chi connectivity index (χ1v) is 22.5. The molecule has 0 spiro atoms. The number of aromatic nitrogens is 1. The molecular formula is C40H37Cl2N2P2Ru+. The van der Waals surface area contributed by atoms with Crippen LogP contribution in [0.5, 0.6) is 0 Å². The van der Waals surface area contributed by atoms with Gasteiger partial charge in [-0.25, -0.2) is 24.3 Å². The van der Waals surface area contributed by atoms with Gasteiger partial charge in [-0.15, -0.1) is 30.8 Å². The molecule has 2 nitrogen and oxygen atoms in total. The van der Waals surface area contributed by atoms with Gasteiger partial charge in [-0.3, -0.25) is 4.98 Å². The van der Waals surface area contributed by atoms with Crippen molar-refractivity contribution < 1.29 is 15.1 Å². The molecule has 1 N–H and O–H groups in total. The topological polar surface area (TPSA) is 36.7 Å². The van der Waals surface area contributed by atoms with E-state index in [1.165, 1.54) is 31.8 Å². The molecule has 7 rings (SSSR count). The average molecular weight is 780 g/mol. The number of halogens is 2. The van der Waals surface area contributed by atoms with Crippen LogP contribution in [0.4, 0.5) is 0 Å². The van der Waals surface area contributed by atoms with Crippen molar-refractivity contribution in [3.05, 3.63) is 206 Å². The first-order chi connectivity index (χ1) is 23.2. The Bertz CT molecular complexity index is 1550. The number of hydrogen-bond donors (Lipinski definition) is 0. The molecule has 6 aromatic carbocycles. The van der Waals surface area contributed by atoms with Gasteiger partial charge in [-0.1, -0.05) is 78.9 Å². The van der Waals surface area contributed by atoms with Gasteiger partial charge in [-0.2, -0.15) is 0 Å². The summed E-state index contributed by atoms with van der Waals surface area (Å²) in [6.45, 7) is 0.279. The molecule has 1 heterocycles. The zero-order valence-electron chi connectivity index (χ0n) is 25.7. The van der Waals surface area contributed by atoms with Crippen LogP contribution >= 0.6 is 35.2 Å². The Morgan fingerprint density at radius 3 is 1.00 bits per heavy atom. The van der Waals surface area contributed by atoms with Crippen LogP contribution in [0.1, 0.15) is 5.69 Å². The molecule has 238 valence electrons. The van der Waals surface area contributed by atoms with E-state index in [1.807, 2.05) is 18.2 Å². The first-order valence-electron chi connectivity index (χ1n) is 15.0.